The summed E-state index contributed by atoms with van der Waals surface area (Å²) in [5.41, 5.74) is 8.74. The van der Waals surface area contributed by atoms with Gasteiger partial charge in [0.2, 0.25) is 0 Å². The summed E-state index contributed by atoms with van der Waals surface area (Å²) in [6.07, 6.45) is 0.548. The second-order valence-electron chi connectivity index (χ2n) is 4.07. The van der Waals surface area contributed by atoms with Crippen LogP contribution in [0.1, 0.15) is 23.4 Å². The number of rotatable bonds is 5. The molecule has 0 bridgehead atoms. The Morgan fingerprint density at radius 2 is 1.89 bits per heavy atom. The lowest BCUT2D eigenvalue weighted by Crippen LogP contribution is -2.31. The van der Waals surface area contributed by atoms with Crippen LogP contribution >= 0.6 is 11.8 Å². The van der Waals surface area contributed by atoms with Crippen LogP contribution in [0.4, 0.5) is 0 Å². The average molecular weight is 269 g/mol. The zero-order valence-corrected chi connectivity index (χ0v) is 12.0. The van der Waals surface area contributed by atoms with Crippen molar-refractivity contribution in [1.82, 2.24) is 9.97 Å². The van der Waals surface area contributed by atoms with E-state index in [1.54, 1.807) is 0 Å². The van der Waals surface area contributed by atoms with E-state index in [-0.39, 0.29) is 5.97 Å². The predicted molar refractivity (Wildman–Crippen MR) is 71.6 cm³/mol. The fraction of sp³-hybridized carbons (Fsp3) is 0.583. The quantitative estimate of drug-likeness (QED) is 0.494. The number of hydrogen-bond donors (Lipinski definition) is 1. The molecule has 6 heteroatoms. The van der Waals surface area contributed by atoms with Crippen LogP contribution in [-0.2, 0) is 9.53 Å². The molecule has 0 aromatic carbocycles. The van der Waals surface area contributed by atoms with Gasteiger partial charge >= 0.3 is 5.97 Å². The highest BCUT2D eigenvalue weighted by molar-refractivity contribution is 7.99. The molecule has 0 amide bonds. The topological polar surface area (TPSA) is 78.1 Å². The molecule has 1 heterocycles. The lowest BCUT2D eigenvalue weighted by molar-refractivity contribution is -0.142. The summed E-state index contributed by atoms with van der Waals surface area (Å²) in [6, 6.07) is -0.574. The van der Waals surface area contributed by atoms with Crippen LogP contribution in [0.15, 0.2) is 5.16 Å². The molecule has 1 aromatic rings. The SMILES string of the molecule is COC(=O)C(N)CCSc1nc(C)c(C)c(C)n1. The van der Waals surface area contributed by atoms with Crippen molar-refractivity contribution < 1.29 is 9.53 Å². The maximum Gasteiger partial charge on any atom is 0.322 e. The summed E-state index contributed by atoms with van der Waals surface area (Å²) in [5.74, 6) is 0.311. The van der Waals surface area contributed by atoms with Gasteiger partial charge in [0.05, 0.1) is 7.11 Å². The molecule has 1 unspecified atom stereocenters. The summed E-state index contributed by atoms with van der Waals surface area (Å²) in [7, 11) is 1.34. The Hall–Kier alpha value is -1.14. The number of carbonyl (C=O) groups is 1. The Morgan fingerprint density at radius 1 is 1.33 bits per heavy atom. The Morgan fingerprint density at radius 3 is 2.39 bits per heavy atom. The zero-order chi connectivity index (χ0) is 13.7. The fourth-order valence-electron chi connectivity index (χ4n) is 1.35. The number of thioether (sulfide) groups is 1. The minimum Gasteiger partial charge on any atom is -0.468 e. The summed E-state index contributed by atoms with van der Waals surface area (Å²) in [4.78, 5) is 19.9. The molecule has 18 heavy (non-hydrogen) atoms. The largest absolute Gasteiger partial charge is 0.468 e. The lowest BCUT2D eigenvalue weighted by atomic mass is 10.2. The maximum atomic E-state index is 11.1. The summed E-state index contributed by atoms with van der Waals surface area (Å²) < 4.78 is 4.56. The molecule has 1 rings (SSSR count). The first kappa shape index (κ1) is 14.9. The smallest absolute Gasteiger partial charge is 0.322 e. The number of nitrogens with zero attached hydrogens (tertiary/aromatic N) is 2. The van der Waals surface area contributed by atoms with Crippen LogP contribution in [0.25, 0.3) is 0 Å². The van der Waals surface area contributed by atoms with E-state index in [4.69, 9.17) is 5.73 Å². The van der Waals surface area contributed by atoms with Crippen molar-refractivity contribution >= 4 is 17.7 Å². The highest BCUT2D eigenvalue weighted by Gasteiger charge is 2.13. The predicted octanol–water partition coefficient (Wildman–Crippen LogP) is 1.38. The Labute approximate surface area is 112 Å². The number of methoxy groups -OCH3 is 1. The van der Waals surface area contributed by atoms with Gasteiger partial charge in [0.1, 0.15) is 6.04 Å². The third-order valence-electron chi connectivity index (χ3n) is 2.78. The molecule has 0 aliphatic rings. The number of aromatic nitrogens is 2. The summed E-state index contributed by atoms with van der Waals surface area (Å²) in [6.45, 7) is 5.94. The van der Waals surface area contributed by atoms with E-state index in [0.717, 1.165) is 22.1 Å². The fourth-order valence-corrected chi connectivity index (χ4v) is 2.31. The Bertz CT molecular complexity index is 414. The molecule has 1 aromatic heterocycles. The second kappa shape index (κ2) is 6.70. The average Bonchev–Trinajstić information content (AvgIpc) is 2.34. The van der Waals surface area contributed by atoms with Gasteiger partial charge < -0.3 is 10.5 Å². The molecule has 1 atom stereocenters. The van der Waals surface area contributed by atoms with Crippen molar-refractivity contribution in [2.24, 2.45) is 5.73 Å². The first-order chi connectivity index (χ1) is 8.45. The summed E-state index contributed by atoms with van der Waals surface area (Å²) >= 11 is 1.50. The molecule has 100 valence electrons. The molecule has 2 N–H and O–H groups in total. The van der Waals surface area contributed by atoms with Crippen molar-refractivity contribution in [1.29, 1.82) is 0 Å². The maximum absolute atomic E-state index is 11.1. The lowest BCUT2D eigenvalue weighted by Gasteiger charge is -2.09. The molecule has 0 fully saturated rings. The monoisotopic (exact) mass is 269 g/mol. The number of hydrogen-bond acceptors (Lipinski definition) is 6. The molecule has 0 aliphatic heterocycles. The molecule has 0 spiro atoms. The van der Waals surface area contributed by atoms with Crippen molar-refractivity contribution in [2.45, 2.75) is 38.4 Å². The second-order valence-corrected chi connectivity index (χ2v) is 5.13. The number of aryl methyl sites for hydroxylation is 2. The molecule has 0 radical (unpaired) electrons. The van der Waals surface area contributed by atoms with Crippen LogP contribution in [-0.4, -0.2) is 34.8 Å². The highest BCUT2D eigenvalue weighted by Crippen LogP contribution is 2.18. The highest BCUT2D eigenvalue weighted by atomic mass is 32.2. The molecular formula is C12H19N3O2S. The van der Waals surface area contributed by atoms with Gasteiger partial charge in [0.25, 0.3) is 0 Å². The van der Waals surface area contributed by atoms with Crippen molar-refractivity contribution in [2.75, 3.05) is 12.9 Å². The van der Waals surface area contributed by atoms with Crippen LogP contribution in [0, 0.1) is 20.8 Å². The molecular weight excluding hydrogens is 250 g/mol. The van der Waals surface area contributed by atoms with Gasteiger partial charge in [-0.25, -0.2) is 9.97 Å². The van der Waals surface area contributed by atoms with Crippen LogP contribution in [0.2, 0.25) is 0 Å². The molecule has 5 nitrogen and oxygen atoms in total. The first-order valence-corrected chi connectivity index (χ1v) is 6.72. The first-order valence-electron chi connectivity index (χ1n) is 5.73. The van der Waals surface area contributed by atoms with E-state index < -0.39 is 6.04 Å². The summed E-state index contributed by atoms with van der Waals surface area (Å²) in [5, 5.41) is 0.729. The van der Waals surface area contributed by atoms with Gasteiger partial charge in [0.15, 0.2) is 5.16 Å². The Kier molecular flexibility index (Phi) is 5.55. The van der Waals surface area contributed by atoms with Gasteiger partial charge in [-0.3, -0.25) is 4.79 Å². The van der Waals surface area contributed by atoms with E-state index >= 15 is 0 Å². The van der Waals surface area contributed by atoms with Gasteiger partial charge in [-0.1, -0.05) is 11.8 Å². The van der Waals surface area contributed by atoms with E-state index in [1.807, 2.05) is 20.8 Å². The van der Waals surface area contributed by atoms with Gasteiger partial charge in [-0.15, -0.1) is 0 Å². The molecule has 0 aliphatic carbocycles. The van der Waals surface area contributed by atoms with E-state index in [9.17, 15) is 4.79 Å². The number of nitrogens with two attached hydrogens (primary N) is 1. The van der Waals surface area contributed by atoms with Crippen molar-refractivity contribution in [3.63, 3.8) is 0 Å². The standard InChI is InChI=1S/C12H19N3O2S/c1-7-8(2)14-12(15-9(7)3)18-6-5-10(13)11(16)17-4/h10H,5-6,13H2,1-4H3. The minimum absolute atomic E-state index is 0.382. The molecule has 0 saturated heterocycles. The normalized spacial score (nSPS) is 12.3. The third kappa shape index (κ3) is 3.96. The number of carbonyl (C=O) groups excluding carboxylic acids is 1. The van der Waals surface area contributed by atoms with E-state index in [2.05, 4.69) is 14.7 Å². The number of ether oxygens (including phenoxy) is 1. The van der Waals surface area contributed by atoms with E-state index in [1.165, 1.54) is 18.9 Å². The van der Waals surface area contributed by atoms with Crippen LogP contribution in [0.5, 0.6) is 0 Å². The van der Waals surface area contributed by atoms with Crippen LogP contribution in [0.3, 0.4) is 0 Å². The number of esters is 1. The molecule has 0 saturated carbocycles. The van der Waals surface area contributed by atoms with Crippen molar-refractivity contribution in [3.8, 4) is 0 Å². The van der Waals surface area contributed by atoms with Crippen molar-refractivity contribution in [3.05, 3.63) is 17.0 Å². The van der Waals surface area contributed by atoms with Gasteiger partial charge in [0, 0.05) is 17.1 Å². The Balaban J connectivity index is 2.52. The third-order valence-corrected chi connectivity index (χ3v) is 3.66. The zero-order valence-electron chi connectivity index (χ0n) is 11.2. The van der Waals surface area contributed by atoms with Gasteiger partial charge in [-0.05, 0) is 32.8 Å². The van der Waals surface area contributed by atoms with E-state index in [0.29, 0.717) is 12.2 Å². The minimum atomic E-state index is -0.574. The van der Waals surface area contributed by atoms with Crippen LogP contribution < -0.4 is 5.73 Å². The van der Waals surface area contributed by atoms with Gasteiger partial charge in [-0.2, -0.15) is 0 Å².